The summed E-state index contributed by atoms with van der Waals surface area (Å²) in [6, 6.07) is 36.6. The third kappa shape index (κ3) is 2.19. The van der Waals surface area contributed by atoms with E-state index in [9.17, 15) is 0 Å². The summed E-state index contributed by atoms with van der Waals surface area (Å²) in [5, 5.41) is 2.45. The average Bonchev–Trinajstić information content (AvgIpc) is 3.13. The fraction of sp³-hybridized carbons (Fsp3) is 0. The zero-order chi connectivity index (χ0) is 20.4. The summed E-state index contributed by atoms with van der Waals surface area (Å²) in [4.78, 5) is 5.04. The Bertz CT molecular complexity index is 1620. The van der Waals surface area contributed by atoms with Crippen LogP contribution >= 0.6 is 0 Å². The highest BCUT2D eigenvalue weighted by Crippen LogP contribution is 2.47. The van der Waals surface area contributed by atoms with Crippen molar-refractivity contribution in [2.45, 2.75) is 0 Å². The SMILES string of the molecule is c1ccc(-c2ncc3c4c2c2ccccc2n4-c2ccccc2-c2ccccc2-3)cc1. The lowest BCUT2D eigenvalue weighted by atomic mass is 9.94. The standard InChI is InChI=1S/C29H18N2/c1-2-10-19(11-3-1)28-27-23-15-7-9-17-26(23)31-25-16-8-6-14-22(25)20-12-4-5-13-21(20)24(18-30-28)29(27)31/h1-18H. The maximum atomic E-state index is 5.04. The molecule has 0 amide bonds. The minimum atomic E-state index is 1.03. The van der Waals surface area contributed by atoms with Crippen molar-refractivity contribution in [2.75, 3.05) is 0 Å². The van der Waals surface area contributed by atoms with E-state index in [1.165, 1.54) is 49.7 Å². The van der Waals surface area contributed by atoms with Gasteiger partial charge in [-0.2, -0.15) is 0 Å². The highest BCUT2D eigenvalue weighted by atomic mass is 15.0. The zero-order valence-electron chi connectivity index (χ0n) is 16.8. The van der Waals surface area contributed by atoms with Crippen molar-refractivity contribution < 1.29 is 0 Å². The Hall–Kier alpha value is -4.17. The van der Waals surface area contributed by atoms with Crippen molar-refractivity contribution in [2.24, 2.45) is 0 Å². The Morgan fingerprint density at radius 1 is 0.548 bits per heavy atom. The fourth-order valence-electron chi connectivity index (χ4n) is 5.10. The molecule has 0 saturated heterocycles. The van der Waals surface area contributed by atoms with Gasteiger partial charge >= 0.3 is 0 Å². The van der Waals surface area contributed by atoms with Crippen LogP contribution in [0.25, 0.3) is 61.0 Å². The van der Waals surface area contributed by atoms with Gasteiger partial charge in [0.15, 0.2) is 0 Å². The molecule has 0 bridgehead atoms. The molecule has 0 atom stereocenters. The van der Waals surface area contributed by atoms with E-state index in [4.69, 9.17) is 4.98 Å². The number of pyridine rings is 1. The first kappa shape index (κ1) is 16.6. The summed E-state index contributed by atoms with van der Waals surface area (Å²) in [5.41, 5.74) is 10.7. The molecule has 1 aliphatic heterocycles. The van der Waals surface area contributed by atoms with Gasteiger partial charge in [-0.05, 0) is 23.3 Å². The van der Waals surface area contributed by atoms with Crippen molar-refractivity contribution >= 4 is 21.8 Å². The summed E-state index contributed by atoms with van der Waals surface area (Å²) >= 11 is 0. The number of rotatable bonds is 1. The highest BCUT2D eigenvalue weighted by molar-refractivity contribution is 6.20. The second-order valence-corrected chi connectivity index (χ2v) is 8.03. The third-order valence-electron chi connectivity index (χ3n) is 6.39. The molecule has 6 aromatic rings. The van der Waals surface area contributed by atoms with Gasteiger partial charge in [0.1, 0.15) is 0 Å². The van der Waals surface area contributed by atoms with Gasteiger partial charge in [0.25, 0.3) is 0 Å². The number of fused-ring (bicyclic) bond motifs is 8. The maximum absolute atomic E-state index is 5.04. The number of para-hydroxylation sites is 2. The summed E-state index contributed by atoms with van der Waals surface area (Å²) < 4.78 is 2.43. The normalized spacial score (nSPS) is 11.9. The molecule has 2 heteroatoms. The summed E-state index contributed by atoms with van der Waals surface area (Å²) in [7, 11) is 0. The third-order valence-corrected chi connectivity index (χ3v) is 6.39. The number of benzene rings is 4. The first-order chi connectivity index (χ1) is 15.4. The Kier molecular flexibility index (Phi) is 3.30. The van der Waals surface area contributed by atoms with E-state index in [0.29, 0.717) is 0 Å². The van der Waals surface area contributed by atoms with E-state index in [0.717, 1.165) is 11.3 Å². The lowest BCUT2D eigenvalue weighted by Crippen LogP contribution is -1.95. The largest absolute Gasteiger partial charge is 0.308 e. The molecule has 1 aliphatic rings. The lowest BCUT2D eigenvalue weighted by Gasteiger charge is -2.11. The van der Waals surface area contributed by atoms with Crippen molar-refractivity contribution in [3.05, 3.63) is 109 Å². The van der Waals surface area contributed by atoms with Crippen LogP contribution in [0.2, 0.25) is 0 Å². The van der Waals surface area contributed by atoms with Gasteiger partial charge < -0.3 is 4.57 Å². The zero-order valence-corrected chi connectivity index (χ0v) is 16.8. The molecule has 31 heavy (non-hydrogen) atoms. The van der Waals surface area contributed by atoms with Gasteiger partial charge in [0, 0.05) is 33.7 Å². The van der Waals surface area contributed by atoms with Crippen LogP contribution in [0.1, 0.15) is 0 Å². The van der Waals surface area contributed by atoms with Gasteiger partial charge in [0.2, 0.25) is 0 Å². The van der Waals surface area contributed by atoms with E-state index in [1.807, 2.05) is 0 Å². The van der Waals surface area contributed by atoms with Crippen LogP contribution in [0.15, 0.2) is 109 Å². The smallest absolute Gasteiger partial charge is 0.0802 e. The Balaban J connectivity index is 1.78. The minimum Gasteiger partial charge on any atom is -0.308 e. The van der Waals surface area contributed by atoms with Crippen LogP contribution in [0, 0.1) is 0 Å². The average molecular weight is 394 g/mol. The molecule has 4 aromatic carbocycles. The van der Waals surface area contributed by atoms with Crippen LogP contribution in [0.5, 0.6) is 0 Å². The lowest BCUT2D eigenvalue weighted by molar-refractivity contribution is 1.18. The quantitative estimate of drug-likeness (QED) is 0.282. The minimum absolute atomic E-state index is 1.03. The predicted molar refractivity (Wildman–Crippen MR) is 128 cm³/mol. The van der Waals surface area contributed by atoms with E-state index < -0.39 is 0 Å². The second kappa shape index (κ2) is 6.16. The van der Waals surface area contributed by atoms with Crippen molar-refractivity contribution in [1.82, 2.24) is 9.55 Å². The van der Waals surface area contributed by atoms with Crippen LogP contribution in [-0.2, 0) is 0 Å². The molecule has 0 radical (unpaired) electrons. The monoisotopic (exact) mass is 394 g/mol. The Morgan fingerprint density at radius 3 is 2.03 bits per heavy atom. The van der Waals surface area contributed by atoms with Gasteiger partial charge in [0.05, 0.1) is 22.4 Å². The second-order valence-electron chi connectivity index (χ2n) is 8.03. The number of hydrogen-bond acceptors (Lipinski definition) is 1. The molecule has 144 valence electrons. The van der Waals surface area contributed by atoms with Crippen LogP contribution in [-0.4, -0.2) is 9.55 Å². The molecule has 0 saturated carbocycles. The topological polar surface area (TPSA) is 17.8 Å². The summed E-state index contributed by atoms with van der Waals surface area (Å²) in [6.45, 7) is 0. The fourth-order valence-corrected chi connectivity index (χ4v) is 5.10. The highest BCUT2D eigenvalue weighted by Gasteiger charge is 2.26. The molecule has 0 N–H and O–H groups in total. The van der Waals surface area contributed by atoms with Gasteiger partial charge in [-0.1, -0.05) is 91.0 Å². The van der Waals surface area contributed by atoms with Crippen LogP contribution in [0.3, 0.4) is 0 Å². The van der Waals surface area contributed by atoms with E-state index in [1.54, 1.807) is 0 Å². The molecule has 0 aliphatic carbocycles. The molecule has 0 unspecified atom stereocenters. The molecule has 0 spiro atoms. The van der Waals surface area contributed by atoms with Crippen molar-refractivity contribution in [3.8, 4) is 39.2 Å². The van der Waals surface area contributed by atoms with Crippen molar-refractivity contribution in [1.29, 1.82) is 0 Å². The van der Waals surface area contributed by atoms with E-state index in [-0.39, 0.29) is 0 Å². The Morgan fingerprint density at radius 2 is 1.19 bits per heavy atom. The van der Waals surface area contributed by atoms with Gasteiger partial charge in [-0.3, -0.25) is 4.98 Å². The number of hydrogen-bond donors (Lipinski definition) is 0. The van der Waals surface area contributed by atoms with E-state index in [2.05, 4.69) is 114 Å². The van der Waals surface area contributed by atoms with Crippen molar-refractivity contribution in [3.63, 3.8) is 0 Å². The molecule has 2 aromatic heterocycles. The van der Waals surface area contributed by atoms with Gasteiger partial charge in [-0.25, -0.2) is 0 Å². The Labute approximate surface area is 180 Å². The molecule has 7 rings (SSSR count). The van der Waals surface area contributed by atoms with Crippen LogP contribution in [0.4, 0.5) is 0 Å². The summed E-state index contributed by atoms with van der Waals surface area (Å²) in [6.07, 6.45) is 2.06. The summed E-state index contributed by atoms with van der Waals surface area (Å²) in [5.74, 6) is 0. The molecule has 0 fully saturated rings. The number of aromatic nitrogens is 2. The van der Waals surface area contributed by atoms with Crippen LogP contribution < -0.4 is 0 Å². The molecule has 2 nitrogen and oxygen atoms in total. The molecular weight excluding hydrogens is 376 g/mol. The first-order valence-electron chi connectivity index (χ1n) is 10.6. The number of nitrogens with zero attached hydrogens (tertiary/aromatic N) is 2. The maximum Gasteiger partial charge on any atom is 0.0802 e. The predicted octanol–water partition coefficient (Wildman–Crippen LogP) is 7.49. The van der Waals surface area contributed by atoms with E-state index >= 15 is 0 Å². The molecular formula is C29H18N2. The van der Waals surface area contributed by atoms with Gasteiger partial charge in [-0.15, -0.1) is 0 Å². The first-order valence-corrected chi connectivity index (χ1v) is 10.6. The molecule has 3 heterocycles.